The Bertz CT molecular complexity index is 209. The van der Waals surface area contributed by atoms with Crippen molar-refractivity contribution in [1.29, 1.82) is 0 Å². The molecule has 0 aliphatic heterocycles. The molecule has 0 aromatic rings. The molecule has 0 atom stereocenters. The molecule has 0 radical (unpaired) electrons. The van der Waals surface area contributed by atoms with Crippen LogP contribution in [0.5, 0.6) is 0 Å². The Hall–Kier alpha value is -0.330. The highest BCUT2D eigenvalue weighted by Crippen LogP contribution is 2.39. The summed E-state index contributed by atoms with van der Waals surface area (Å²) in [6.45, 7) is 2.27. The van der Waals surface area contributed by atoms with Gasteiger partial charge in [-0.2, -0.15) is 0 Å². The van der Waals surface area contributed by atoms with Gasteiger partial charge in [0.25, 0.3) is 0 Å². The molecular formula is C14H24O. The fraction of sp³-hybridized carbons (Fsp3) is 0.929. The Labute approximate surface area is 93.6 Å². The number of carbonyl (C=O) groups is 1. The second-order valence-corrected chi connectivity index (χ2v) is 5.54. The van der Waals surface area contributed by atoms with Gasteiger partial charge in [0.2, 0.25) is 0 Å². The van der Waals surface area contributed by atoms with E-state index in [0.717, 1.165) is 5.92 Å². The van der Waals surface area contributed by atoms with E-state index in [1.54, 1.807) is 0 Å². The number of Topliss-reactive ketones (excluding diaryl/α,β-unsaturated/α-hetero) is 1. The molecule has 0 aromatic carbocycles. The van der Waals surface area contributed by atoms with Crippen LogP contribution in [0, 0.1) is 17.8 Å². The van der Waals surface area contributed by atoms with Gasteiger partial charge in [-0.1, -0.05) is 26.2 Å². The molecule has 1 nitrogen and oxygen atoms in total. The van der Waals surface area contributed by atoms with Crippen molar-refractivity contribution in [2.45, 2.75) is 64.7 Å². The number of carbonyl (C=O) groups excluding carboxylic acids is 1. The van der Waals surface area contributed by atoms with E-state index in [-0.39, 0.29) is 0 Å². The van der Waals surface area contributed by atoms with E-state index in [2.05, 4.69) is 6.92 Å². The maximum atomic E-state index is 11.9. The van der Waals surface area contributed by atoms with E-state index in [0.29, 0.717) is 17.6 Å². The molecule has 0 heterocycles. The molecule has 2 aliphatic rings. The lowest BCUT2D eigenvalue weighted by Gasteiger charge is -2.27. The van der Waals surface area contributed by atoms with Crippen LogP contribution in [-0.4, -0.2) is 5.78 Å². The molecule has 0 N–H and O–H groups in total. The van der Waals surface area contributed by atoms with Crippen LogP contribution in [0.2, 0.25) is 0 Å². The van der Waals surface area contributed by atoms with Crippen molar-refractivity contribution in [3.05, 3.63) is 0 Å². The van der Waals surface area contributed by atoms with Gasteiger partial charge >= 0.3 is 0 Å². The minimum Gasteiger partial charge on any atom is -0.299 e. The maximum Gasteiger partial charge on any atom is 0.139 e. The Morgan fingerprint density at radius 3 is 2.00 bits per heavy atom. The summed E-state index contributed by atoms with van der Waals surface area (Å²) >= 11 is 0. The fourth-order valence-corrected chi connectivity index (χ4v) is 2.93. The summed E-state index contributed by atoms with van der Waals surface area (Å²) in [5, 5.41) is 0. The van der Waals surface area contributed by atoms with Crippen molar-refractivity contribution < 1.29 is 4.79 Å². The minimum absolute atomic E-state index is 0.454. The van der Waals surface area contributed by atoms with Crippen molar-refractivity contribution in [2.75, 3.05) is 0 Å². The van der Waals surface area contributed by atoms with E-state index < -0.39 is 0 Å². The van der Waals surface area contributed by atoms with E-state index in [4.69, 9.17) is 0 Å². The van der Waals surface area contributed by atoms with Crippen molar-refractivity contribution in [1.82, 2.24) is 0 Å². The molecule has 0 bridgehead atoms. The van der Waals surface area contributed by atoms with Crippen LogP contribution >= 0.6 is 0 Å². The van der Waals surface area contributed by atoms with Gasteiger partial charge in [-0.3, -0.25) is 4.79 Å². The minimum atomic E-state index is 0.454. The number of rotatable bonds is 5. The van der Waals surface area contributed by atoms with Crippen molar-refractivity contribution in [3.8, 4) is 0 Å². The SMILES string of the molecule is CCCCC1CCC(C(=O)C2CC2)CC1. The van der Waals surface area contributed by atoms with Crippen molar-refractivity contribution in [3.63, 3.8) is 0 Å². The third kappa shape index (κ3) is 3.06. The molecule has 0 amide bonds. The third-order valence-corrected chi connectivity index (χ3v) is 4.19. The van der Waals surface area contributed by atoms with Crippen LogP contribution in [0.4, 0.5) is 0 Å². The summed E-state index contributed by atoms with van der Waals surface area (Å²) < 4.78 is 0. The first-order chi connectivity index (χ1) is 7.31. The summed E-state index contributed by atoms with van der Waals surface area (Å²) in [5.41, 5.74) is 0. The molecule has 1 heteroatoms. The predicted octanol–water partition coefficient (Wildman–Crippen LogP) is 3.96. The molecule has 86 valence electrons. The van der Waals surface area contributed by atoms with Crippen LogP contribution < -0.4 is 0 Å². The van der Waals surface area contributed by atoms with Gasteiger partial charge in [0.1, 0.15) is 5.78 Å². The van der Waals surface area contributed by atoms with Crippen molar-refractivity contribution >= 4 is 5.78 Å². The summed E-state index contributed by atoms with van der Waals surface area (Å²) in [5.74, 6) is 2.50. The first-order valence-electron chi connectivity index (χ1n) is 6.85. The zero-order valence-electron chi connectivity index (χ0n) is 10.0. The van der Waals surface area contributed by atoms with Gasteiger partial charge in [-0.05, 0) is 44.4 Å². The summed E-state index contributed by atoms with van der Waals surface area (Å²) in [7, 11) is 0. The Morgan fingerprint density at radius 2 is 1.53 bits per heavy atom. The average Bonchev–Trinajstić information content (AvgIpc) is 3.10. The maximum absolute atomic E-state index is 11.9. The van der Waals surface area contributed by atoms with Gasteiger partial charge in [-0.15, -0.1) is 0 Å². The van der Waals surface area contributed by atoms with Crippen LogP contribution in [0.3, 0.4) is 0 Å². The Morgan fingerprint density at radius 1 is 1.00 bits per heavy atom. The predicted molar refractivity (Wildman–Crippen MR) is 62.7 cm³/mol. The first kappa shape index (κ1) is 11.2. The van der Waals surface area contributed by atoms with Crippen molar-refractivity contribution in [2.24, 2.45) is 17.8 Å². The van der Waals surface area contributed by atoms with Crippen LogP contribution in [0.1, 0.15) is 64.7 Å². The second kappa shape index (κ2) is 5.14. The molecule has 0 spiro atoms. The highest BCUT2D eigenvalue weighted by Gasteiger charge is 2.36. The largest absolute Gasteiger partial charge is 0.299 e. The Kier molecular flexibility index (Phi) is 3.82. The third-order valence-electron chi connectivity index (χ3n) is 4.19. The molecule has 2 fully saturated rings. The van der Waals surface area contributed by atoms with E-state index in [1.807, 2.05) is 0 Å². The molecule has 0 aromatic heterocycles. The van der Waals surface area contributed by atoms with Gasteiger partial charge in [-0.25, -0.2) is 0 Å². The number of hydrogen-bond acceptors (Lipinski definition) is 1. The average molecular weight is 208 g/mol. The number of ketones is 1. The molecule has 2 rings (SSSR count). The number of unbranched alkanes of at least 4 members (excludes halogenated alkanes) is 1. The lowest BCUT2D eigenvalue weighted by atomic mass is 9.77. The monoisotopic (exact) mass is 208 g/mol. The Balaban J connectivity index is 1.69. The van der Waals surface area contributed by atoms with Gasteiger partial charge in [0, 0.05) is 11.8 Å². The molecule has 0 saturated heterocycles. The molecule has 0 unspecified atom stereocenters. The molecular weight excluding hydrogens is 184 g/mol. The highest BCUT2D eigenvalue weighted by atomic mass is 16.1. The quantitative estimate of drug-likeness (QED) is 0.668. The smallest absolute Gasteiger partial charge is 0.139 e. The van der Waals surface area contributed by atoms with E-state index >= 15 is 0 Å². The first-order valence-corrected chi connectivity index (χ1v) is 6.85. The van der Waals surface area contributed by atoms with Gasteiger partial charge in [0.05, 0.1) is 0 Å². The molecule has 2 saturated carbocycles. The van der Waals surface area contributed by atoms with Crippen LogP contribution in [-0.2, 0) is 4.79 Å². The van der Waals surface area contributed by atoms with Crippen LogP contribution in [0.25, 0.3) is 0 Å². The molecule has 2 aliphatic carbocycles. The fourth-order valence-electron chi connectivity index (χ4n) is 2.93. The van der Waals surface area contributed by atoms with E-state index in [9.17, 15) is 4.79 Å². The van der Waals surface area contributed by atoms with Gasteiger partial charge < -0.3 is 0 Å². The summed E-state index contributed by atoms with van der Waals surface area (Å²) in [6, 6.07) is 0. The summed E-state index contributed by atoms with van der Waals surface area (Å²) in [6.07, 6.45) is 11.5. The van der Waals surface area contributed by atoms with Gasteiger partial charge in [0.15, 0.2) is 0 Å². The molecule has 15 heavy (non-hydrogen) atoms. The zero-order chi connectivity index (χ0) is 10.7. The zero-order valence-corrected chi connectivity index (χ0v) is 10.0. The highest BCUT2D eigenvalue weighted by molar-refractivity contribution is 5.85. The van der Waals surface area contributed by atoms with Crippen LogP contribution in [0.15, 0.2) is 0 Å². The van der Waals surface area contributed by atoms with E-state index in [1.165, 1.54) is 57.8 Å². The normalized spacial score (nSPS) is 31.5. The number of hydrogen-bond donors (Lipinski definition) is 0. The lowest BCUT2D eigenvalue weighted by molar-refractivity contribution is -0.125. The topological polar surface area (TPSA) is 17.1 Å². The summed E-state index contributed by atoms with van der Waals surface area (Å²) in [4.78, 5) is 11.9. The second-order valence-electron chi connectivity index (χ2n) is 5.54. The lowest BCUT2D eigenvalue weighted by Crippen LogP contribution is -2.23. The standard InChI is InChI=1S/C14H24O/c1-2-3-4-11-5-7-12(8-6-11)14(15)13-9-10-13/h11-13H,2-10H2,1H3.